The topological polar surface area (TPSA) is 71.3 Å². The summed E-state index contributed by atoms with van der Waals surface area (Å²) in [7, 11) is 0. The molecule has 0 radical (unpaired) electrons. The lowest BCUT2D eigenvalue weighted by atomic mass is 10.1. The average molecular weight is 350 g/mol. The highest BCUT2D eigenvalue weighted by molar-refractivity contribution is 6.10. The molecule has 0 unspecified atom stereocenters. The molecule has 0 aliphatic rings. The molecule has 0 spiro atoms. The largest absolute Gasteiger partial charge is 0.478 e. The van der Waals surface area contributed by atoms with E-state index in [0.29, 0.717) is 17.9 Å². The van der Waals surface area contributed by atoms with E-state index in [9.17, 15) is 14.7 Å². The Hall–Kier alpha value is -3.08. The van der Waals surface area contributed by atoms with E-state index in [-0.39, 0.29) is 11.5 Å². The van der Waals surface area contributed by atoms with Gasteiger partial charge in [0.25, 0.3) is 5.91 Å². The molecule has 3 rings (SSSR count). The van der Waals surface area contributed by atoms with E-state index >= 15 is 0 Å². The van der Waals surface area contributed by atoms with E-state index < -0.39 is 5.97 Å². The molecule has 2 N–H and O–H groups in total. The maximum Gasteiger partial charge on any atom is 0.337 e. The molecule has 26 heavy (non-hydrogen) atoms. The number of carbonyl (C=O) groups excluding carboxylic acids is 1. The molecule has 3 aromatic rings. The van der Waals surface area contributed by atoms with Crippen LogP contribution in [0.5, 0.6) is 0 Å². The number of benzene rings is 2. The van der Waals surface area contributed by atoms with Crippen LogP contribution >= 0.6 is 0 Å². The first kappa shape index (κ1) is 17.7. The van der Waals surface area contributed by atoms with Crippen LogP contribution in [-0.2, 0) is 13.0 Å². The van der Waals surface area contributed by atoms with E-state index in [1.54, 1.807) is 18.2 Å². The van der Waals surface area contributed by atoms with Gasteiger partial charge in [0, 0.05) is 17.4 Å². The van der Waals surface area contributed by atoms with Gasteiger partial charge in [0.15, 0.2) is 0 Å². The first-order valence-corrected chi connectivity index (χ1v) is 8.73. The molecule has 2 aromatic carbocycles. The molecule has 1 amide bonds. The van der Waals surface area contributed by atoms with Crippen molar-refractivity contribution in [3.05, 3.63) is 64.8 Å². The minimum Gasteiger partial charge on any atom is -0.478 e. The number of carboxylic acid groups (broad SMARTS) is 1. The van der Waals surface area contributed by atoms with Crippen molar-refractivity contribution in [3.8, 4) is 0 Å². The Labute approximate surface area is 152 Å². The fraction of sp³-hybridized carbons (Fsp3) is 0.238. The zero-order valence-electron chi connectivity index (χ0n) is 15.2. The number of nitrogens with zero attached hydrogens (tertiary/aromatic N) is 1. The summed E-state index contributed by atoms with van der Waals surface area (Å²) in [5.41, 5.74) is 4.08. The first-order valence-electron chi connectivity index (χ1n) is 8.73. The minimum absolute atomic E-state index is 0.0749. The zero-order chi connectivity index (χ0) is 18.8. The third-order valence-corrected chi connectivity index (χ3v) is 4.73. The van der Waals surface area contributed by atoms with Gasteiger partial charge < -0.3 is 15.0 Å². The lowest BCUT2D eigenvalue weighted by molar-refractivity contribution is 0.0698. The monoisotopic (exact) mass is 350 g/mol. The Morgan fingerprint density at radius 1 is 1.12 bits per heavy atom. The molecule has 1 heterocycles. The van der Waals surface area contributed by atoms with E-state index in [0.717, 1.165) is 22.9 Å². The van der Waals surface area contributed by atoms with Gasteiger partial charge in [-0.25, -0.2) is 4.79 Å². The maximum absolute atomic E-state index is 13.0. The minimum atomic E-state index is -1.07. The van der Waals surface area contributed by atoms with Crippen LogP contribution in [0.4, 0.5) is 5.69 Å². The number of fused-ring (bicyclic) bond motifs is 1. The molecular formula is C21H22N2O3. The molecule has 0 saturated heterocycles. The maximum atomic E-state index is 13.0. The van der Waals surface area contributed by atoms with Crippen molar-refractivity contribution in [3.63, 3.8) is 0 Å². The first-order chi connectivity index (χ1) is 12.5. The number of carboxylic acids is 1. The Balaban J connectivity index is 2.09. The van der Waals surface area contributed by atoms with E-state index in [2.05, 4.69) is 24.4 Å². The van der Waals surface area contributed by atoms with Crippen molar-refractivity contribution in [1.82, 2.24) is 4.57 Å². The van der Waals surface area contributed by atoms with E-state index in [1.165, 1.54) is 11.6 Å². The molecule has 0 aliphatic heterocycles. The highest BCUT2D eigenvalue weighted by atomic mass is 16.4. The lowest BCUT2D eigenvalue weighted by Gasteiger charge is -2.11. The normalized spacial score (nSPS) is 10.9. The molecule has 0 saturated carbocycles. The van der Waals surface area contributed by atoms with Crippen LogP contribution in [0.25, 0.3) is 10.9 Å². The second-order valence-electron chi connectivity index (χ2n) is 6.23. The third kappa shape index (κ3) is 2.96. The van der Waals surface area contributed by atoms with Crippen molar-refractivity contribution in [2.45, 2.75) is 33.7 Å². The second-order valence-corrected chi connectivity index (χ2v) is 6.23. The van der Waals surface area contributed by atoms with Gasteiger partial charge >= 0.3 is 5.97 Å². The van der Waals surface area contributed by atoms with Gasteiger partial charge in [0.1, 0.15) is 5.69 Å². The van der Waals surface area contributed by atoms with E-state index in [1.807, 2.05) is 24.5 Å². The third-order valence-electron chi connectivity index (χ3n) is 4.73. The Morgan fingerprint density at radius 2 is 1.85 bits per heavy atom. The number of amides is 1. The summed E-state index contributed by atoms with van der Waals surface area (Å²) in [5, 5.41) is 13.2. The van der Waals surface area contributed by atoms with E-state index in [4.69, 9.17) is 0 Å². The molecule has 0 atom stereocenters. The zero-order valence-corrected chi connectivity index (χ0v) is 15.2. The van der Waals surface area contributed by atoms with Gasteiger partial charge in [-0.2, -0.15) is 0 Å². The number of aryl methyl sites for hydroxylation is 3. The summed E-state index contributed by atoms with van der Waals surface area (Å²) < 4.78 is 1.98. The van der Waals surface area contributed by atoms with Crippen molar-refractivity contribution in [2.24, 2.45) is 0 Å². The van der Waals surface area contributed by atoms with Crippen molar-refractivity contribution in [1.29, 1.82) is 0 Å². The Bertz CT molecular complexity index is 1000. The van der Waals surface area contributed by atoms with Crippen LogP contribution < -0.4 is 5.32 Å². The number of hydrogen-bond acceptors (Lipinski definition) is 2. The standard InChI is InChI=1S/C21H22N2O3/c1-4-14-10-11-18-16(12-14)13(3)19(23(18)5-2)20(24)22-17-9-7-6-8-15(17)21(25)26/h6-12H,4-5H2,1-3H3,(H,22,24)(H,25,26). The van der Waals surface area contributed by atoms with Gasteiger partial charge in [0.2, 0.25) is 0 Å². The quantitative estimate of drug-likeness (QED) is 0.712. The number of anilines is 1. The number of hydrogen-bond donors (Lipinski definition) is 2. The fourth-order valence-corrected chi connectivity index (χ4v) is 3.37. The number of aromatic nitrogens is 1. The van der Waals surface area contributed by atoms with Crippen LogP contribution in [0, 0.1) is 6.92 Å². The van der Waals surface area contributed by atoms with Gasteiger partial charge in [0.05, 0.1) is 11.3 Å². The van der Waals surface area contributed by atoms with Crippen LogP contribution in [0.15, 0.2) is 42.5 Å². The number of aromatic carboxylic acids is 1. The van der Waals surface area contributed by atoms with Gasteiger partial charge in [-0.05, 0) is 55.7 Å². The number of carbonyl (C=O) groups is 2. The van der Waals surface area contributed by atoms with Gasteiger partial charge in [-0.3, -0.25) is 4.79 Å². The fourth-order valence-electron chi connectivity index (χ4n) is 3.37. The summed E-state index contributed by atoms with van der Waals surface area (Å²) in [5.74, 6) is -1.37. The Kier molecular flexibility index (Phi) is 4.80. The van der Waals surface area contributed by atoms with Gasteiger partial charge in [-0.1, -0.05) is 25.1 Å². The van der Waals surface area contributed by atoms with Crippen LogP contribution in [-0.4, -0.2) is 21.6 Å². The SMILES string of the molecule is CCc1ccc2c(c1)c(C)c(C(=O)Nc1ccccc1C(=O)O)n2CC. The highest BCUT2D eigenvalue weighted by Crippen LogP contribution is 2.28. The summed E-state index contributed by atoms with van der Waals surface area (Å²) in [6, 6.07) is 12.7. The highest BCUT2D eigenvalue weighted by Gasteiger charge is 2.21. The lowest BCUT2D eigenvalue weighted by Crippen LogP contribution is -2.19. The summed E-state index contributed by atoms with van der Waals surface area (Å²) in [4.78, 5) is 24.4. The number of para-hydroxylation sites is 1. The molecule has 5 heteroatoms. The molecular weight excluding hydrogens is 328 g/mol. The average Bonchev–Trinajstić information content (AvgIpc) is 2.93. The predicted octanol–water partition coefficient (Wildman–Crippen LogP) is 4.48. The molecule has 0 bridgehead atoms. The molecule has 5 nitrogen and oxygen atoms in total. The molecule has 1 aromatic heterocycles. The summed E-state index contributed by atoms with van der Waals surface area (Å²) in [6.07, 6.45) is 0.931. The molecule has 134 valence electrons. The van der Waals surface area contributed by atoms with Crippen LogP contribution in [0.2, 0.25) is 0 Å². The predicted molar refractivity (Wildman–Crippen MR) is 103 cm³/mol. The second kappa shape index (κ2) is 7.04. The smallest absolute Gasteiger partial charge is 0.337 e. The van der Waals surface area contributed by atoms with Crippen molar-refractivity contribution >= 4 is 28.5 Å². The summed E-state index contributed by atoms with van der Waals surface area (Å²) in [6.45, 7) is 6.68. The van der Waals surface area contributed by atoms with Crippen LogP contribution in [0.3, 0.4) is 0 Å². The molecule has 0 aliphatic carbocycles. The summed E-state index contributed by atoms with van der Waals surface area (Å²) >= 11 is 0. The molecule has 0 fully saturated rings. The number of nitrogens with one attached hydrogen (secondary N) is 1. The van der Waals surface area contributed by atoms with Crippen LogP contribution in [0.1, 0.15) is 45.8 Å². The van der Waals surface area contributed by atoms with Crippen molar-refractivity contribution in [2.75, 3.05) is 5.32 Å². The Morgan fingerprint density at radius 3 is 2.50 bits per heavy atom. The number of rotatable bonds is 5. The van der Waals surface area contributed by atoms with Crippen molar-refractivity contribution < 1.29 is 14.7 Å². The van der Waals surface area contributed by atoms with Gasteiger partial charge in [-0.15, -0.1) is 0 Å².